The van der Waals surface area contributed by atoms with E-state index in [0.29, 0.717) is 6.54 Å². The second-order valence-electron chi connectivity index (χ2n) is 4.36. The minimum absolute atomic E-state index is 0.501. The van der Waals surface area contributed by atoms with Crippen LogP contribution in [-0.2, 0) is 26.4 Å². The molecular formula is C14H19N3. The summed E-state index contributed by atoms with van der Waals surface area (Å²) < 4.78 is 2.10. The Hall–Kier alpha value is -1.61. The van der Waals surface area contributed by atoms with Crippen LogP contribution in [0.3, 0.4) is 0 Å². The van der Waals surface area contributed by atoms with Gasteiger partial charge < -0.3 is 10.3 Å². The molecule has 2 aromatic rings. The van der Waals surface area contributed by atoms with E-state index in [1.807, 2.05) is 13.2 Å². The van der Waals surface area contributed by atoms with Gasteiger partial charge in [0.15, 0.2) is 0 Å². The molecule has 3 heteroatoms. The van der Waals surface area contributed by atoms with Crippen molar-refractivity contribution in [3.05, 3.63) is 53.1 Å². The molecule has 0 radical (unpaired) electrons. The van der Waals surface area contributed by atoms with Crippen molar-refractivity contribution < 1.29 is 0 Å². The lowest BCUT2D eigenvalue weighted by Crippen LogP contribution is -2.07. The molecular weight excluding hydrogens is 210 g/mol. The van der Waals surface area contributed by atoms with Gasteiger partial charge in [-0.1, -0.05) is 24.3 Å². The van der Waals surface area contributed by atoms with E-state index >= 15 is 0 Å². The molecule has 0 saturated heterocycles. The number of imidazole rings is 1. The molecule has 0 saturated carbocycles. The molecule has 0 aliphatic carbocycles. The van der Waals surface area contributed by atoms with Crippen LogP contribution in [0.25, 0.3) is 0 Å². The Morgan fingerprint density at radius 3 is 2.65 bits per heavy atom. The second-order valence-corrected chi connectivity index (χ2v) is 4.36. The number of aromatic nitrogens is 2. The zero-order valence-electron chi connectivity index (χ0n) is 10.5. The van der Waals surface area contributed by atoms with Gasteiger partial charge in [0, 0.05) is 18.9 Å². The average molecular weight is 229 g/mol. The maximum Gasteiger partial charge on any atom is 0.122 e. The Morgan fingerprint density at radius 2 is 2.00 bits per heavy atom. The summed E-state index contributed by atoms with van der Waals surface area (Å²) in [5, 5.41) is 0. The fraction of sp³-hybridized carbons (Fsp3) is 0.357. The first kappa shape index (κ1) is 11.9. The molecule has 1 heterocycles. The fourth-order valence-corrected chi connectivity index (χ4v) is 2.06. The van der Waals surface area contributed by atoms with Crippen molar-refractivity contribution in [2.75, 3.05) is 0 Å². The Morgan fingerprint density at radius 1 is 1.24 bits per heavy atom. The number of nitrogens with zero attached hydrogens (tertiary/aromatic N) is 2. The van der Waals surface area contributed by atoms with E-state index in [1.165, 1.54) is 16.8 Å². The van der Waals surface area contributed by atoms with Crippen LogP contribution in [-0.4, -0.2) is 9.55 Å². The summed E-state index contributed by atoms with van der Waals surface area (Å²) in [7, 11) is 2.03. The second kappa shape index (κ2) is 5.15. The van der Waals surface area contributed by atoms with Gasteiger partial charge in [-0.2, -0.15) is 0 Å². The molecule has 0 aliphatic rings. The standard InChI is InChI=1S/C14H19N3/c1-11-5-3-4-6-12(11)7-8-13-10-16-14(9-15)17(13)2/h3-6,10H,7-9,15H2,1-2H3. The van der Waals surface area contributed by atoms with Gasteiger partial charge in [0.25, 0.3) is 0 Å². The predicted octanol–water partition coefficient (Wildman–Crippen LogP) is 1.97. The molecule has 17 heavy (non-hydrogen) atoms. The van der Waals surface area contributed by atoms with Crippen LogP contribution < -0.4 is 5.73 Å². The summed E-state index contributed by atoms with van der Waals surface area (Å²) in [5.74, 6) is 0.949. The quantitative estimate of drug-likeness (QED) is 0.871. The monoisotopic (exact) mass is 229 g/mol. The molecule has 1 aromatic carbocycles. The van der Waals surface area contributed by atoms with Gasteiger partial charge in [0.05, 0.1) is 6.54 Å². The Balaban J connectivity index is 2.07. The first-order valence-electron chi connectivity index (χ1n) is 5.96. The number of nitrogens with two attached hydrogens (primary N) is 1. The minimum atomic E-state index is 0.501. The lowest BCUT2D eigenvalue weighted by Gasteiger charge is -2.07. The van der Waals surface area contributed by atoms with Gasteiger partial charge in [-0.15, -0.1) is 0 Å². The summed E-state index contributed by atoms with van der Waals surface area (Å²) in [5.41, 5.74) is 9.62. The SMILES string of the molecule is Cc1ccccc1CCc1cnc(CN)n1C. The number of benzene rings is 1. The van der Waals surface area contributed by atoms with Gasteiger partial charge >= 0.3 is 0 Å². The highest BCUT2D eigenvalue weighted by atomic mass is 15.1. The summed E-state index contributed by atoms with van der Waals surface area (Å²) in [6.07, 6.45) is 3.99. The predicted molar refractivity (Wildman–Crippen MR) is 69.7 cm³/mol. The van der Waals surface area contributed by atoms with Gasteiger partial charge in [0.1, 0.15) is 5.82 Å². The highest BCUT2D eigenvalue weighted by molar-refractivity contribution is 5.26. The van der Waals surface area contributed by atoms with E-state index in [-0.39, 0.29) is 0 Å². The molecule has 0 atom stereocenters. The van der Waals surface area contributed by atoms with Crippen LogP contribution in [0.2, 0.25) is 0 Å². The molecule has 0 bridgehead atoms. The third kappa shape index (κ3) is 2.56. The molecule has 0 unspecified atom stereocenters. The van der Waals surface area contributed by atoms with Crippen molar-refractivity contribution in [2.45, 2.75) is 26.3 Å². The average Bonchev–Trinajstić information content (AvgIpc) is 2.69. The van der Waals surface area contributed by atoms with Crippen LogP contribution >= 0.6 is 0 Å². The largest absolute Gasteiger partial charge is 0.334 e. The molecule has 0 amide bonds. The molecule has 3 nitrogen and oxygen atoms in total. The molecule has 2 rings (SSSR count). The summed E-state index contributed by atoms with van der Waals surface area (Å²) in [6.45, 7) is 2.66. The third-order valence-electron chi connectivity index (χ3n) is 3.27. The number of aryl methyl sites for hydroxylation is 3. The third-order valence-corrected chi connectivity index (χ3v) is 3.27. The fourth-order valence-electron chi connectivity index (χ4n) is 2.06. The van der Waals surface area contributed by atoms with E-state index < -0.39 is 0 Å². The topological polar surface area (TPSA) is 43.8 Å². The van der Waals surface area contributed by atoms with Crippen molar-refractivity contribution in [1.82, 2.24) is 9.55 Å². The number of rotatable bonds is 4. The van der Waals surface area contributed by atoms with Gasteiger partial charge in [-0.25, -0.2) is 4.98 Å². The maximum absolute atomic E-state index is 5.61. The molecule has 1 aromatic heterocycles. The van der Waals surface area contributed by atoms with Gasteiger partial charge in [0.2, 0.25) is 0 Å². The Bertz CT molecular complexity index is 500. The Labute approximate surface area is 102 Å². The van der Waals surface area contributed by atoms with Gasteiger partial charge in [-0.05, 0) is 30.9 Å². The van der Waals surface area contributed by atoms with E-state index in [4.69, 9.17) is 5.73 Å². The molecule has 90 valence electrons. The highest BCUT2D eigenvalue weighted by Gasteiger charge is 2.05. The van der Waals surface area contributed by atoms with Gasteiger partial charge in [-0.3, -0.25) is 0 Å². The van der Waals surface area contributed by atoms with Crippen LogP contribution in [0.15, 0.2) is 30.5 Å². The first-order chi connectivity index (χ1) is 8.22. The first-order valence-corrected chi connectivity index (χ1v) is 5.96. The van der Waals surface area contributed by atoms with Crippen molar-refractivity contribution in [2.24, 2.45) is 12.8 Å². The van der Waals surface area contributed by atoms with Crippen molar-refractivity contribution in [3.63, 3.8) is 0 Å². The van der Waals surface area contributed by atoms with E-state index in [9.17, 15) is 0 Å². The Kier molecular flexibility index (Phi) is 3.59. The lowest BCUT2D eigenvalue weighted by atomic mass is 10.0. The molecule has 0 spiro atoms. The normalized spacial score (nSPS) is 10.8. The maximum atomic E-state index is 5.61. The highest BCUT2D eigenvalue weighted by Crippen LogP contribution is 2.12. The lowest BCUT2D eigenvalue weighted by molar-refractivity contribution is 0.739. The summed E-state index contributed by atoms with van der Waals surface area (Å²) in [4.78, 5) is 4.31. The molecule has 0 aliphatic heterocycles. The molecule has 2 N–H and O–H groups in total. The van der Waals surface area contributed by atoms with E-state index in [1.54, 1.807) is 0 Å². The summed E-state index contributed by atoms with van der Waals surface area (Å²) >= 11 is 0. The van der Waals surface area contributed by atoms with E-state index in [0.717, 1.165) is 18.7 Å². The number of hydrogen-bond acceptors (Lipinski definition) is 2. The summed E-state index contributed by atoms with van der Waals surface area (Å²) in [6, 6.07) is 8.52. The van der Waals surface area contributed by atoms with E-state index in [2.05, 4.69) is 40.7 Å². The minimum Gasteiger partial charge on any atom is -0.334 e. The smallest absolute Gasteiger partial charge is 0.122 e. The van der Waals surface area contributed by atoms with Crippen molar-refractivity contribution >= 4 is 0 Å². The van der Waals surface area contributed by atoms with Crippen LogP contribution in [0.4, 0.5) is 0 Å². The van der Waals surface area contributed by atoms with Crippen LogP contribution in [0, 0.1) is 6.92 Å². The zero-order chi connectivity index (χ0) is 12.3. The van der Waals surface area contributed by atoms with Crippen molar-refractivity contribution in [1.29, 1.82) is 0 Å². The zero-order valence-corrected chi connectivity index (χ0v) is 10.5. The number of hydrogen-bond donors (Lipinski definition) is 1. The molecule has 0 fully saturated rings. The van der Waals surface area contributed by atoms with Crippen LogP contribution in [0.5, 0.6) is 0 Å². The van der Waals surface area contributed by atoms with Crippen molar-refractivity contribution in [3.8, 4) is 0 Å². The van der Waals surface area contributed by atoms with Crippen LogP contribution in [0.1, 0.15) is 22.6 Å².